The first-order valence-corrected chi connectivity index (χ1v) is 12.1. The fourth-order valence-electron chi connectivity index (χ4n) is 4.32. The predicted molar refractivity (Wildman–Crippen MR) is 141 cm³/mol. The van der Waals surface area contributed by atoms with Crippen LogP contribution in [-0.4, -0.2) is 27.5 Å². The van der Waals surface area contributed by atoms with Crippen LogP contribution in [0.4, 0.5) is 5.69 Å². The highest BCUT2D eigenvalue weighted by molar-refractivity contribution is 7.80. The maximum Gasteiger partial charge on any atom is 0.270 e. The van der Waals surface area contributed by atoms with E-state index in [0.717, 1.165) is 36.3 Å². The summed E-state index contributed by atoms with van der Waals surface area (Å²) in [5.41, 5.74) is 4.93. The Kier molecular flexibility index (Phi) is 7.17. The van der Waals surface area contributed by atoms with Crippen molar-refractivity contribution in [3.8, 4) is 5.69 Å². The maximum absolute atomic E-state index is 13.4. The zero-order valence-corrected chi connectivity index (χ0v) is 21.1. The summed E-state index contributed by atoms with van der Waals surface area (Å²) < 4.78 is 1.92. The van der Waals surface area contributed by atoms with E-state index < -0.39 is 17.8 Å². The number of thiocarbonyl (C=S) groups is 1. The van der Waals surface area contributed by atoms with Crippen LogP contribution in [0.15, 0.2) is 60.2 Å². The van der Waals surface area contributed by atoms with Gasteiger partial charge in [-0.25, -0.2) is 0 Å². The molecule has 0 unspecified atom stereocenters. The first-order valence-electron chi connectivity index (χ1n) is 11.7. The summed E-state index contributed by atoms with van der Waals surface area (Å²) in [6.45, 7) is 5.90. The van der Waals surface area contributed by atoms with Crippen molar-refractivity contribution in [2.45, 2.75) is 40.0 Å². The second kappa shape index (κ2) is 10.3. The molecular formula is C28H26N3O4S-. The van der Waals surface area contributed by atoms with E-state index in [4.69, 9.17) is 12.2 Å². The highest BCUT2D eigenvalue weighted by Gasteiger charge is 2.34. The number of nitrogens with zero attached hydrogens (tertiary/aromatic N) is 2. The van der Waals surface area contributed by atoms with Gasteiger partial charge < -0.3 is 14.5 Å². The van der Waals surface area contributed by atoms with Gasteiger partial charge in [-0.15, -0.1) is 0 Å². The van der Waals surface area contributed by atoms with Crippen molar-refractivity contribution < 1.29 is 19.5 Å². The second-order valence-electron chi connectivity index (χ2n) is 8.72. The van der Waals surface area contributed by atoms with Gasteiger partial charge in [0, 0.05) is 17.1 Å². The van der Waals surface area contributed by atoms with Gasteiger partial charge in [-0.3, -0.25) is 19.8 Å². The van der Waals surface area contributed by atoms with E-state index in [0.29, 0.717) is 11.3 Å². The molecule has 4 rings (SSSR count). The van der Waals surface area contributed by atoms with Crippen molar-refractivity contribution in [2.75, 3.05) is 4.90 Å². The van der Waals surface area contributed by atoms with Gasteiger partial charge in [-0.1, -0.05) is 37.6 Å². The van der Waals surface area contributed by atoms with E-state index >= 15 is 0 Å². The third kappa shape index (κ3) is 4.85. The van der Waals surface area contributed by atoms with Gasteiger partial charge in [0.05, 0.1) is 11.7 Å². The fraction of sp³-hybridized carbons (Fsp3) is 0.214. The van der Waals surface area contributed by atoms with Crippen LogP contribution in [-0.2, 0) is 16.0 Å². The van der Waals surface area contributed by atoms with Crippen LogP contribution >= 0.6 is 12.2 Å². The van der Waals surface area contributed by atoms with Gasteiger partial charge in [0.15, 0.2) is 5.11 Å². The molecule has 3 aromatic rings. The normalized spacial score (nSPS) is 14.9. The second-order valence-corrected chi connectivity index (χ2v) is 9.11. The molecular weight excluding hydrogens is 474 g/mol. The van der Waals surface area contributed by atoms with Crippen LogP contribution < -0.4 is 15.3 Å². The number of nitrogens with one attached hydrogen (secondary N) is 1. The number of hydrogen-bond acceptors (Lipinski definition) is 5. The van der Waals surface area contributed by atoms with E-state index in [-0.39, 0.29) is 16.2 Å². The smallest absolute Gasteiger partial charge is 0.270 e. The van der Waals surface area contributed by atoms with Crippen LogP contribution in [0.3, 0.4) is 0 Å². The first kappa shape index (κ1) is 25.1. The molecule has 2 heterocycles. The molecule has 1 aromatic heterocycles. The van der Waals surface area contributed by atoms with E-state index in [1.165, 1.54) is 22.6 Å². The Hall–Kier alpha value is -4.04. The molecule has 2 aromatic carbocycles. The van der Waals surface area contributed by atoms with E-state index in [1.54, 1.807) is 18.2 Å². The number of carbonyl (C=O) groups excluding carboxylic acids is 3. The number of hydrogen-bond donors (Lipinski definition) is 1. The number of aryl methyl sites for hydroxylation is 2. The number of carboxylic acid groups (broad SMARTS) is 1. The van der Waals surface area contributed by atoms with E-state index in [9.17, 15) is 19.5 Å². The van der Waals surface area contributed by atoms with Gasteiger partial charge in [-0.05, 0) is 92.0 Å². The molecule has 1 saturated heterocycles. The molecule has 2 amide bonds. The molecule has 0 saturated carbocycles. The quantitative estimate of drug-likeness (QED) is 0.304. The largest absolute Gasteiger partial charge is 0.545 e. The van der Waals surface area contributed by atoms with Crippen molar-refractivity contribution in [1.29, 1.82) is 0 Å². The van der Waals surface area contributed by atoms with Crippen molar-refractivity contribution in [3.05, 3.63) is 88.2 Å². The van der Waals surface area contributed by atoms with Crippen molar-refractivity contribution in [1.82, 2.24) is 9.88 Å². The molecule has 1 aliphatic heterocycles. The monoisotopic (exact) mass is 500 g/mol. The lowest BCUT2D eigenvalue weighted by molar-refractivity contribution is -0.255. The minimum atomic E-state index is -1.24. The van der Waals surface area contributed by atoms with Gasteiger partial charge in [0.25, 0.3) is 11.8 Å². The molecule has 0 bridgehead atoms. The maximum atomic E-state index is 13.4. The van der Waals surface area contributed by atoms with Gasteiger partial charge in [0.2, 0.25) is 0 Å². The number of rotatable bonds is 7. The number of unbranched alkanes of at least 4 members (excludes halogenated alkanes) is 1. The van der Waals surface area contributed by atoms with Crippen molar-refractivity contribution in [3.63, 3.8) is 0 Å². The summed E-state index contributed by atoms with van der Waals surface area (Å²) in [4.78, 5) is 38.6. The van der Waals surface area contributed by atoms with Crippen LogP contribution in [0.5, 0.6) is 0 Å². The topological polar surface area (TPSA) is 94.5 Å². The summed E-state index contributed by atoms with van der Waals surface area (Å²) in [7, 11) is 0. The molecule has 0 radical (unpaired) electrons. The third-order valence-electron chi connectivity index (χ3n) is 6.25. The number of amides is 2. The third-order valence-corrected chi connectivity index (χ3v) is 6.53. The molecule has 0 aliphatic carbocycles. The molecule has 1 aliphatic rings. The Labute approximate surface area is 215 Å². The summed E-state index contributed by atoms with van der Waals surface area (Å²) in [6, 6.07) is 15.8. The Morgan fingerprint density at radius 1 is 1.03 bits per heavy atom. The Bertz CT molecular complexity index is 1390. The minimum absolute atomic E-state index is 0.0220. The van der Waals surface area contributed by atoms with Crippen LogP contribution in [0.2, 0.25) is 0 Å². The average Bonchev–Trinajstić information content (AvgIpc) is 3.13. The standard InChI is InChI=1S/C28H27N3O4S/c1-4-5-6-19-7-11-23(12-8-19)31-26(33)24(25(32)29-28(31)36)16-21-15-17(2)30(18(21)3)22-13-9-20(10-14-22)27(34)35/h7-16H,4-6H2,1-3H3,(H,34,35)(H,29,32,36)/p-1/b24-16-. The number of aromatic carboxylic acids is 1. The highest BCUT2D eigenvalue weighted by atomic mass is 32.1. The lowest BCUT2D eigenvalue weighted by atomic mass is 10.1. The summed E-state index contributed by atoms with van der Waals surface area (Å²) in [5.74, 6) is -2.29. The van der Waals surface area contributed by atoms with E-state index in [2.05, 4.69) is 12.2 Å². The Morgan fingerprint density at radius 3 is 2.28 bits per heavy atom. The zero-order chi connectivity index (χ0) is 26.0. The van der Waals surface area contributed by atoms with Crippen LogP contribution in [0, 0.1) is 13.8 Å². The zero-order valence-electron chi connectivity index (χ0n) is 20.3. The number of anilines is 1. The number of benzene rings is 2. The molecule has 0 atom stereocenters. The number of carboxylic acids is 1. The fourth-order valence-corrected chi connectivity index (χ4v) is 4.60. The van der Waals surface area contributed by atoms with Gasteiger partial charge in [0.1, 0.15) is 5.57 Å². The highest BCUT2D eigenvalue weighted by Crippen LogP contribution is 2.26. The number of carbonyl (C=O) groups is 3. The summed E-state index contributed by atoms with van der Waals surface area (Å²) in [5, 5.41) is 13.7. The molecule has 1 fully saturated rings. The Balaban J connectivity index is 1.67. The number of aromatic nitrogens is 1. The SMILES string of the molecule is CCCCc1ccc(N2C(=O)/C(=C\c3cc(C)n(-c4ccc(C(=O)[O-])cc4)c3C)C(=O)NC2=S)cc1. The molecule has 8 heteroatoms. The molecule has 184 valence electrons. The summed E-state index contributed by atoms with van der Waals surface area (Å²) in [6.07, 6.45) is 4.71. The summed E-state index contributed by atoms with van der Waals surface area (Å²) >= 11 is 5.32. The van der Waals surface area contributed by atoms with Crippen LogP contribution in [0.25, 0.3) is 11.8 Å². The van der Waals surface area contributed by atoms with Gasteiger partial charge in [-0.2, -0.15) is 0 Å². The van der Waals surface area contributed by atoms with E-state index in [1.807, 2.05) is 48.7 Å². The lowest BCUT2D eigenvalue weighted by Crippen LogP contribution is -2.54. The van der Waals surface area contributed by atoms with Crippen LogP contribution in [0.1, 0.15) is 52.6 Å². The van der Waals surface area contributed by atoms with Gasteiger partial charge >= 0.3 is 0 Å². The van der Waals surface area contributed by atoms with Crippen molar-refractivity contribution in [2.24, 2.45) is 0 Å². The molecule has 0 spiro atoms. The molecule has 1 N–H and O–H groups in total. The molecule has 36 heavy (non-hydrogen) atoms. The predicted octanol–water partition coefficient (Wildman–Crippen LogP) is 3.63. The molecule has 7 nitrogen and oxygen atoms in total. The lowest BCUT2D eigenvalue weighted by Gasteiger charge is -2.29. The van der Waals surface area contributed by atoms with Crippen molar-refractivity contribution >= 4 is 46.9 Å². The Morgan fingerprint density at radius 2 is 1.67 bits per heavy atom. The minimum Gasteiger partial charge on any atom is -0.545 e. The first-order chi connectivity index (χ1) is 17.2. The average molecular weight is 501 g/mol.